The molecule has 1 saturated heterocycles. The largest absolute Gasteiger partial charge is 0.348 e. The van der Waals surface area contributed by atoms with Crippen LogP contribution in [0.3, 0.4) is 0 Å². The van der Waals surface area contributed by atoms with Gasteiger partial charge in [0, 0.05) is 28.5 Å². The number of benzene rings is 2. The minimum atomic E-state index is -1.32. The summed E-state index contributed by atoms with van der Waals surface area (Å²) in [6.07, 6.45) is 1.04. The van der Waals surface area contributed by atoms with Gasteiger partial charge in [-0.2, -0.15) is 0 Å². The number of Topliss-reactive ketones (excluding diaryl/α,β-unsaturated/α-hetero) is 1. The SMILES string of the molecule is CCC1(c2ccc(F)cc2)NC(=O)N(CC(=O)c2cc(C)n(CCc3ccc(Cl)cc3)c2C)C1=O. The number of rotatable bonds is 8. The van der Waals surface area contributed by atoms with Crippen molar-refractivity contribution in [2.24, 2.45) is 0 Å². The molecule has 0 bridgehead atoms. The summed E-state index contributed by atoms with van der Waals surface area (Å²) in [6.45, 7) is 5.87. The van der Waals surface area contributed by atoms with Crippen molar-refractivity contribution < 1.29 is 18.8 Å². The normalized spacial score (nSPS) is 17.7. The van der Waals surface area contributed by atoms with Crippen molar-refractivity contribution in [2.75, 3.05) is 6.54 Å². The number of amides is 3. The topological polar surface area (TPSA) is 71.4 Å². The first-order chi connectivity index (χ1) is 16.7. The van der Waals surface area contributed by atoms with Gasteiger partial charge in [0.2, 0.25) is 0 Å². The molecule has 1 fully saturated rings. The molecule has 2 aromatic carbocycles. The number of aryl methyl sites for hydroxylation is 2. The maximum absolute atomic E-state index is 13.4. The van der Waals surface area contributed by atoms with E-state index in [1.165, 1.54) is 24.3 Å². The number of imide groups is 1. The molecule has 6 nitrogen and oxygen atoms in total. The van der Waals surface area contributed by atoms with E-state index in [0.29, 0.717) is 22.7 Å². The Morgan fingerprint density at radius 3 is 2.34 bits per heavy atom. The fraction of sp³-hybridized carbons (Fsp3) is 0.296. The van der Waals surface area contributed by atoms with E-state index in [-0.39, 0.29) is 18.7 Å². The molecule has 4 rings (SSSR count). The van der Waals surface area contributed by atoms with Gasteiger partial charge in [0.15, 0.2) is 5.78 Å². The van der Waals surface area contributed by atoms with Gasteiger partial charge in [0.25, 0.3) is 5.91 Å². The summed E-state index contributed by atoms with van der Waals surface area (Å²) >= 11 is 5.96. The molecule has 1 atom stereocenters. The molecule has 1 aromatic heterocycles. The fourth-order valence-corrected chi connectivity index (χ4v) is 4.82. The maximum atomic E-state index is 13.4. The molecule has 0 saturated carbocycles. The van der Waals surface area contributed by atoms with Crippen LogP contribution in [0.2, 0.25) is 5.02 Å². The van der Waals surface area contributed by atoms with Crippen molar-refractivity contribution in [2.45, 2.75) is 45.7 Å². The molecule has 1 unspecified atom stereocenters. The lowest BCUT2D eigenvalue weighted by molar-refractivity contribution is -0.131. The summed E-state index contributed by atoms with van der Waals surface area (Å²) < 4.78 is 15.5. The predicted octanol–water partition coefficient (Wildman–Crippen LogP) is 5.18. The highest BCUT2D eigenvalue weighted by molar-refractivity contribution is 6.30. The van der Waals surface area contributed by atoms with E-state index in [1.54, 1.807) is 13.0 Å². The fourth-order valence-electron chi connectivity index (χ4n) is 4.69. The Bertz CT molecular complexity index is 1280. The molecule has 3 aromatic rings. The lowest BCUT2D eigenvalue weighted by Gasteiger charge is -2.25. The van der Waals surface area contributed by atoms with Crippen LogP contribution in [0.4, 0.5) is 9.18 Å². The Kier molecular flexibility index (Phi) is 6.81. The minimum absolute atomic E-state index is 0.271. The summed E-state index contributed by atoms with van der Waals surface area (Å²) in [4.78, 5) is 40.3. The van der Waals surface area contributed by atoms with Crippen LogP contribution in [0.5, 0.6) is 0 Å². The molecule has 1 aliphatic rings. The molecule has 1 aliphatic heterocycles. The highest BCUT2D eigenvalue weighted by atomic mass is 35.5. The summed E-state index contributed by atoms with van der Waals surface area (Å²) in [6, 6.07) is 14.3. The molecule has 2 heterocycles. The second-order valence-corrected chi connectivity index (χ2v) is 9.26. The highest BCUT2D eigenvalue weighted by Crippen LogP contribution is 2.33. The van der Waals surface area contributed by atoms with Crippen LogP contribution < -0.4 is 5.32 Å². The molecule has 8 heteroatoms. The number of urea groups is 1. The van der Waals surface area contributed by atoms with Crippen molar-refractivity contribution in [3.63, 3.8) is 0 Å². The number of hydrogen-bond acceptors (Lipinski definition) is 3. The third-order valence-electron chi connectivity index (χ3n) is 6.76. The standard InChI is InChI=1S/C27H27ClFN3O3/c1-4-27(20-7-11-22(29)12-8-20)25(34)32(26(35)30-27)16-24(33)23-15-17(2)31(18(23)3)14-13-19-5-9-21(28)10-6-19/h5-12,15H,4,13-14,16H2,1-3H3,(H,30,35). The van der Waals surface area contributed by atoms with Crippen LogP contribution in [0.1, 0.15) is 46.2 Å². The van der Waals surface area contributed by atoms with Crippen LogP contribution in [-0.2, 0) is 23.3 Å². The molecule has 0 radical (unpaired) electrons. The molecule has 182 valence electrons. The third-order valence-corrected chi connectivity index (χ3v) is 7.01. The predicted molar refractivity (Wildman–Crippen MR) is 132 cm³/mol. The number of halogens is 2. The molecule has 0 aliphatic carbocycles. The molecule has 35 heavy (non-hydrogen) atoms. The number of ketones is 1. The van der Waals surface area contributed by atoms with Gasteiger partial charge in [0.1, 0.15) is 11.4 Å². The summed E-state index contributed by atoms with van der Waals surface area (Å²) in [5.74, 6) is -1.26. The van der Waals surface area contributed by atoms with Gasteiger partial charge in [-0.15, -0.1) is 0 Å². The minimum Gasteiger partial charge on any atom is -0.348 e. The average molecular weight is 496 g/mol. The van der Waals surface area contributed by atoms with Gasteiger partial charge in [-0.25, -0.2) is 9.18 Å². The van der Waals surface area contributed by atoms with Crippen LogP contribution in [0.15, 0.2) is 54.6 Å². The van der Waals surface area contributed by atoms with Gasteiger partial charge >= 0.3 is 6.03 Å². The maximum Gasteiger partial charge on any atom is 0.325 e. The van der Waals surface area contributed by atoms with Crippen LogP contribution >= 0.6 is 11.6 Å². The van der Waals surface area contributed by atoms with Crippen molar-refractivity contribution in [1.82, 2.24) is 14.8 Å². The number of nitrogens with one attached hydrogen (secondary N) is 1. The Labute approximate surface area is 208 Å². The van der Waals surface area contributed by atoms with Gasteiger partial charge in [-0.1, -0.05) is 42.8 Å². The lowest BCUT2D eigenvalue weighted by atomic mass is 9.87. The van der Waals surface area contributed by atoms with Crippen LogP contribution in [-0.4, -0.2) is 33.7 Å². The van der Waals surface area contributed by atoms with Crippen molar-refractivity contribution >= 4 is 29.3 Å². The quantitative estimate of drug-likeness (QED) is 0.346. The summed E-state index contributed by atoms with van der Waals surface area (Å²) in [7, 11) is 0. The first kappa shape index (κ1) is 24.7. The van der Waals surface area contributed by atoms with Crippen molar-refractivity contribution in [3.05, 3.63) is 93.5 Å². The van der Waals surface area contributed by atoms with E-state index in [2.05, 4.69) is 9.88 Å². The van der Waals surface area contributed by atoms with E-state index in [0.717, 1.165) is 28.3 Å². The molecular weight excluding hydrogens is 469 g/mol. The molecular formula is C27H27ClFN3O3. The Hall–Kier alpha value is -3.45. The highest BCUT2D eigenvalue weighted by Gasteiger charge is 2.51. The third kappa shape index (κ3) is 4.60. The smallest absolute Gasteiger partial charge is 0.325 e. The van der Waals surface area contributed by atoms with E-state index in [9.17, 15) is 18.8 Å². The van der Waals surface area contributed by atoms with Crippen molar-refractivity contribution in [3.8, 4) is 0 Å². The van der Waals surface area contributed by atoms with Gasteiger partial charge in [0.05, 0.1) is 6.54 Å². The van der Waals surface area contributed by atoms with E-state index < -0.39 is 23.3 Å². The zero-order valence-corrected chi connectivity index (χ0v) is 20.7. The van der Waals surface area contributed by atoms with Crippen LogP contribution in [0, 0.1) is 19.7 Å². The van der Waals surface area contributed by atoms with Gasteiger partial charge in [-0.3, -0.25) is 14.5 Å². The number of aromatic nitrogens is 1. The number of hydrogen-bond donors (Lipinski definition) is 1. The monoisotopic (exact) mass is 495 g/mol. The first-order valence-electron chi connectivity index (χ1n) is 11.5. The Balaban J connectivity index is 1.52. The molecule has 0 spiro atoms. The number of carbonyl (C=O) groups excluding carboxylic acids is 3. The second-order valence-electron chi connectivity index (χ2n) is 8.82. The number of carbonyl (C=O) groups is 3. The number of nitrogens with zero attached hydrogens (tertiary/aromatic N) is 2. The van der Waals surface area contributed by atoms with E-state index in [4.69, 9.17) is 11.6 Å². The lowest BCUT2D eigenvalue weighted by Crippen LogP contribution is -2.43. The molecule has 1 N–H and O–H groups in total. The van der Waals surface area contributed by atoms with Crippen LogP contribution in [0.25, 0.3) is 0 Å². The Morgan fingerprint density at radius 2 is 1.71 bits per heavy atom. The second kappa shape index (κ2) is 9.66. The first-order valence-corrected chi connectivity index (χ1v) is 11.9. The van der Waals surface area contributed by atoms with E-state index in [1.807, 2.05) is 38.1 Å². The summed E-state index contributed by atoms with van der Waals surface area (Å²) in [5.41, 5.74) is 2.48. The average Bonchev–Trinajstić information content (AvgIpc) is 3.26. The van der Waals surface area contributed by atoms with Gasteiger partial charge in [-0.05, 0) is 68.1 Å². The zero-order chi connectivity index (χ0) is 25.3. The van der Waals surface area contributed by atoms with E-state index >= 15 is 0 Å². The van der Waals surface area contributed by atoms with Gasteiger partial charge < -0.3 is 9.88 Å². The Morgan fingerprint density at radius 1 is 1.06 bits per heavy atom. The zero-order valence-electron chi connectivity index (χ0n) is 19.9. The van der Waals surface area contributed by atoms with Crippen molar-refractivity contribution in [1.29, 1.82) is 0 Å². The molecule has 3 amide bonds. The summed E-state index contributed by atoms with van der Waals surface area (Å²) in [5, 5.41) is 3.41.